The second-order valence-electron chi connectivity index (χ2n) is 10.0. The molecule has 212 valence electrons. The number of nitrogens with one attached hydrogen (secondary N) is 1. The highest BCUT2D eigenvalue weighted by atomic mass is 79.9. The molecule has 0 radical (unpaired) electrons. The van der Waals surface area contributed by atoms with Crippen molar-refractivity contribution in [2.75, 3.05) is 20.8 Å². The van der Waals surface area contributed by atoms with E-state index in [0.717, 1.165) is 41.3 Å². The van der Waals surface area contributed by atoms with E-state index >= 15 is 0 Å². The Kier molecular flexibility index (Phi) is 10.9. The lowest BCUT2D eigenvalue weighted by molar-refractivity contribution is -0.143. The molecule has 7 nitrogen and oxygen atoms in total. The van der Waals surface area contributed by atoms with Crippen molar-refractivity contribution in [2.24, 2.45) is 0 Å². The largest absolute Gasteiger partial charge is 0.496 e. The molecule has 4 rings (SSSR count). The summed E-state index contributed by atoms with van der Waals surface area (Å²) in [4.78, 5) is 29.4. The number of ether oxygens (including phenoxy) is 3. The maximum Gasteiger partial charge on any atom is 0.261 e. The Labute approximate surface area is 244 Å². The molecule has 1 unspecified atom stereocenters. The number of nitrogens with zero attached hydrogens (tertiary/aromatic N) is 1. The van der Waals surface area contributed by atoms with E-state index in [4.69, 9.17) is 14.2 Å². The van der Waals surface area contributed by atoms with E-state index in [1.807, 2.05) is 54.6 Å². The average Bonchev–Trinajstić information content (AvgIpc) is 2.99. The van der Waals surface area contributed by atoms with Crippen molar-refractivity contribution in [3.05, 3.63) is 88.4 Å². The summed E-state index contributed by atoms with van der Waals surface area (Å²) < 4.78 is 17.5. The molecule has 1 fully saturated rings. The predicted octanol–water partition coefficient (Wildman–Crippen LogP) is 5.93. The number of amides is 2. The van der Waals surface area contributed by atoms with Crippen LogP contribution >= 0.6 is 15.9 Å². The SMILES string of the molecule is COc1cc(OC)cc(OCC(=O)N(Cc2ccc(Br)cc2)C(Cc2ccccc2)C(=O)NC2CCCCC2)c1. The van der Waals surface area contributed by atoms with Crippen molar-refractivity contribution in [3.63, 3.8) is 0 Å². The van der Waals surface area contributed by atoms with Crippen LogP contribution in [0.2, 0.25) is 0 Å². The van der Waals surface area contributed by atoms with Gasteiger partial charge in [0.25, 0.3) is 5.91 Å². The molecule has 0 bridgehead atoms. The molecule has 1 aliphatic carbocycles. The third kappa shape index (κ3) is 8.49. The first kappa shape index (κ1) is 29.5. The lowest BCUT2D eigenvalue weighted by Crippen LogP contribution is -2.53. The second-order valence-corrected chi connectivity index (χ2v) is 10.9. The highest BCUT2D eigenvalue weighted by Crippen LogP contribution is 2.28. The molecule has 1 N–H and O–H groups in total. The van der Waals surface area contributed by atoms with Crippen molar-refractivity contribution in [3.8, 4) is 17.2 Å². The topological polar surface area (TPSA) is 77.1 Å². The summed E-state index contributed by atoms with van der Waals surface area (Å²) in [6.07, 6.45) is 5.73. The third-order valence-electron chi connectivity index (χ3n) is 7.18. The monoisotopic (exact) mass is 608 g/mol. The minimum atomic E-state index is -0.705. The fourth-order valence-corrected chi connectivity index (χ4v) is 5.24. The first-order valence-corrected chi connectivity index (χ1v) is 14.5. The van der Waals surface area contributed by atoms with Gasteiger partial charge in [0.1, 0.15) is 23.3 Å². The Morgan fingerprint density at radius 2 is 1.50 bits per heavy atom. The Hall–Kier alpha value is -3.52. The van der Waals surface area contributed by atoms with Gasteiger partial charge in [-0.15, -0.1) is 0 Å². The number of methoxy groups -OCH3 is 2. The minimum absolute atomic E-state index is 0.129. The zero-order chi connectivity index (χ0) is 28.3. The van der Waals surface area contributed by atoms with Crippen LogP contribution in [0.5, 0.6) is 17.2 Å². The number of rotatable bonds is 12. The van der Waals surface area contributed by atoms with E-state index in [0.29, 0.717) is 23.7 Å². The molecule has 3 aromatic carbocycles. The number of carbonyl (C=O) groups is 2. The molecule has 0 spiro atoms. The smallest absolute Gasteiger partial charge is 0.261 e. The summed E-state index contributed by atoms with van der Waals surface area (Å²) in [5.41, 5.74) is 1.90. The number of carbonyl (C=O) groups excluding carboxylic acids is 2. The van der Waals surface area contributed by atoms with E-state index in [1.165, 1.54) is 6.42 Å². The molecular formula is C32H37BrN2O5. The van der Waals surface area contributed by atoms with Crippen molar-refractivity contribution in [1.29, 1.82) is 0 Å². The van der Waals surface area contributed by atoms with Gasteiger partial charge in [-0.2, -0.15) is 0 Å². The van der Waals surface area contributed by atoms with Crippen LogP contribution in [-0.2, 0) is 22.6 Å². The summed E-state index contributed by atoms with van der Waals surface area (Å²) in [6, 6.07) is 22.2. The van der Waals surface area contributed by atoms with E-state index in [2.05, 4.69) is 21.2 Å². The maximum absolute atomic E-state index is 13.9. The van der Waals surface area contributed by atoms with Crippen LogP contribution in [0.1, 0.15) is 43.2 Å². The van der Waals surface area contributed by atoms with Crippen LogP contribution in [0.3, 0.4) is 0 Å². The van der Waals surface area contributed by atoms with Gasteiger partial charge in [0.2, 0.25) is 5.91 Å². The normalized spacial score (nSPS) is 14.2. The Morgan fingerprint density at radius 3 is 2.12 bits per heavy atom. The Morgan fingerprint density at radius 1 is 0.875 bits per heavy atom. The van der Waals surface area contributed by atoms with Crippen molar-refractivity contribution < 1.29 is 23.8 Å². The Balaban J connectivity index is 1.61. The lowest BCUT2D eigenvalue weighted by Gasteiger charge is -2.33. The van der Waals surface area contributed by atoms with Crippen LogP contribution in [0.25, 0.3) is 0 Å². The van der Waals surface area contributed by atoms with Crippen LogP contribution < -0.4 is 19.5 Å². The summed E-state index contributed by atoms with van der Waals surface area (Å²) >= 11 is 3.48. The van der Waals surface area contributed by atoms with Gasteiger partial charge in [-0.05, 0) is 36.1 Å². The fraction of sp³-hybridized carbons (Fsp3) is 0.375. The van der Waals surface area contributed by atoms with Crippen LogP contribution in [0, 0.1) is 0 Å². The molecule has 1 atom stereocenters. The predicted molar refractivity (Wildman–Crippen MR) is 159 cm³/mol. The van der Waals surface area contributed by atoms with Crippen LogP contribution in [0.4, 0.5) is 0 Å². The second kappa shape index (κ2) is 14.7. The standard InChI is InChI=1S/C32H37BrN2O5/c1-38-27-18-28(39-2)20-29(19-27)40-22-31(36)35(21-24-13-15-25(33)16-14-24)30(17-23-9-5-3-6-10-23)32(37)34-26-11-7-4-8-12-26/h3,5-6,9-10,13-16,18-20,26,30H,4,7-8,11-12,17,21-22H2,1-2H3,(H,34,37). The average molecular weight is 610 g/mol. The zero-order valence-corrected chi connectivity index (χ0v) is 24.7. The fourth-order valence-electron chi connectivity index (χ4n) is 4.98. The van der Waals surface area contributed by atoms with Gasteiger partial charge < -0.3 is 24.4 Å². The molecule has 8 heteroatoms. The summed E-state index contributed by atoms with van der Waals surface area (Å²) in [5.74, 6) is 1.14. The zero-order valence-electron chi connectivity index (χ0n) is 23.1. The van der Waals surface area contributed by atoms with Gasteiger partial charge in [0.15, 0.2) is 6.61 Å². The molecule has 0 aromatic heterocycles. The number of hydrogen-bond donors (Lipinski definition) is 1. The number of halogens is 1. The molecular weight excluding hydrogens is 572 g/mol. The summed E-state index contributed by atoms with van der Waals surface area (Å²) in [5, 5.41) is 3.26. The first-order valence-electron chi connectivity index (χ1n) is 13.7. The van der Waals surface area contributed by atoms with Gasteiger partial charge in [-0.3, -0.25) is 9.59 Å². The first-order chi connectivity index (χ1) is 19.4. The van der Waals surface area contributed by atoms with Crippen molar-refractivity contribution in [1.82, 2.24) is 10.2 Å². The molecule has 3 aromatic rings. The van der Waals surface area contributed by atoms with Crippen LogP contribution in [0.15, 0.2) is 77.3 Å². The number of benzene rings is 3. The third-order valence-corrected chi connectivity index (χ3v) is 7.70. The molecule has 0 heterocycles. The van der Waals surface area contributed by atoms with E-state index in [-0.39, 0.29) is 31.0 Å². The van der Waals surface area contributed by atoms with E-state index in [1.54, 1.807) is 37.3 Å². The molecule has 40 heavy (non-hydrogen) atoms. The molecule has 1 saturated carbocycles. The van der Waals surface area contributed by atoms with E-state index < -0.39 is 6.04 Å². The Bertz CT molecular complexity index is 1220. The molecule has 2 amide bonds. The lowest BCUT2D eigenvalue weighted by atomic mass is 9.94. The quantitative estimate of drug-likeness (QED) is 0.275. The van der Waals surface area contributed by atoms with Gasteiger partial charge in [0, 0.05) is 41.7 Å². The summed E-state index contributed by atoms with van der Waals surface area (Å²) in [7, 11) is 3.12. The van der Waals surface area contributed by atoms with Gasteiger partial charge in [-0.25, -0.2) is 0 Å². The van der Waals surface area contributed by atoms with Gasteiger partial charge >= 0.3 is 0 Å². The maximum atomic E-state index is 13.9. The van der Waals surface area contributed by atoms with Crippen LogP contribution in [-0.4, -0.2) is 49.6 Å². The van der Waals surface area contributed by atoms with Crippen molar-refractivity contribution >= 4 is 27.7 Å². The van der Waals surface area contributed by atoms with Gasteiger partial charge in [0.05, 0.1) is 14.2 Å². The molecule has 0 saturated heterocycles. The molecule has 1 aliphatic rings. The van der Waals surface area contributed by atoms with E-state index in [9.17, 15) is 9.59 Å². The highest BCUT2D eigenvalue weighted by Gasteiger charge is 2.32. The van der Waals surface area contributed by atoms with Crippen molar-refractivity contribution in [2.45, 2.75) is 57.2 Å². The van der Waals surface area contributed by atoms with Gasteiger partial charge in [-0.1, -0.05) is 77.7 Å². The highest BCUT2D eigenvalue weighted by molar-refractivity contribution is 9.10. The number of hydrogen-bond acceptors (Lipinski definition) is 5. The molecule has 0 aliphatic heterocycles. The summed E-state index contributed by atoms with van der Waals surface area (Å²) in [6.45, 7) is 0.0291. The minimum Gasteiger partial charge on any atom is -0.496 e.